The first kappa shape index (κ1) is 19.8. The van der Waals surface area contributed by atoms with Crippen LogP contribution >= 0.6 is 0 Å². The van der Waals surface area contributed by atoms with E-state index < -0.39 is 11.7 Å². The molecule has 9 heteroatoms. The van der Waals surface area contributed by atoms with Gasteiger partial charge in [0.2, 0.25) is 0 Å². The Hall–Kier alpha value is -2.97. The Morgan fingerprint density at radius 2 is 2.00 bits per heavy atom. The van der Waals surface area contributed by atoms with Crippen molar-refractivity contribution in [2.75, 3.05) is 29.9 Å². The second-order valence-electron chi connectivity index (χ2n) is 6.39. The van der Waals surface area contributed by atoms with Crippen LogP contribution in [0.15, 0.2) is 42.6 Å². The number of rotatable bonds is 5. The van der Waals surface area contributed by atoms with E-state index in [-0.39, 0.29) is 12.1 Å². The van der Waals surface area contributed by atoms with Gasteiger partial charge in [-0.3, -0.25) is 0 Å². The van der Waals surface area contributed by atoms with E-state index in [0.717, 1.165) is 18.0 Å². The first-order valence-electron chi connectivity index (χ1n) is 8.93. The summed E-state index contributed by atoms with van der Waals surface area (Å²) in [7, 11) is 0. The average molecular weight is 394 g/mol. The zero-order chi connectivity index (χ0) is 20.1. The summed E-state index contributed by atoms with van der Waals surface area (Å²) in [6.45, 7) is 3.55. The van der Waals surface area contributed by atoms with Crippen LogP contribution in [0.1, 0.15) is 18.9 Å². The van der Waals surface area contributed by atoms with Crippen molar-refractivity contribution in [1.29, 1.82) is 0 Å². The van der Waals surface area contributed by atoms with Crippen molar-refractivity contribution in [1.82, 2.24) is 10.3 Å². The molecule has 150 valence electrons. The van der Waals surface area contributed by atoms with Gasteiger partial charge in [-0.15, -0.1) is 0 Å². The van der Waals surface area contributed by atoms with Crippen molar-refractivity contribution in [3.05, 3.63) is 48.2 Å². The number of benzene rings is 1. The molecule has 1 unspecified atom stereocenters. The number of urea groups is 1. The molecule has 0 radical (unpaired) electrons. The molecule has 2 amide bonds. The molecule has 3 rings (SSSR count). The van der Waals surface area contributed by atoms with E-state index in [1.807, 2.05) is 11.8 Å². The van der Waals surface area contributed by atoms with Crippen molar-refractivity contribution in [2.24, 2.45) is 0 Å². The summed E-state index contributed by atoms with van der Waals surface area (Å²) in [6.07, 6.45) is -2.90. The smallest absolute Gasteiger partial charge is 0.417 e. The zero-order valence-electron chi connectivity index (χ0n) is 15.3. The first-order valence-corrected chi connectivity index (χ1v) is 8.93. The number of hydrogen-bond acceptors (Lipinski definition) is 4. The van der Waals surface area contributed by atoms with Crippen LogP contribution in [0.5, 0.6) is 5.75 Å². The molecule has 1 aromatic carbocycles. The fraction of sp³-hybridized carbons (Fsp3) is 0.368. The third kappa shape index (κ3) is 5.05. The lowest BCUT2D eigenvalue weighted by Crippen LogP contribution is -2.39. The van der Waals surface area contributed by atoms with Crippen LogP contribution in [-0.2, 0) is 6.18 Å². The molecular weight excluding hydrogens is 373 g/mol. The maximum Gasteiger partial charge on any atom is 0.417 e. The van der Waals surface area contributed by atoms with Gasteiger partial charge in [0.05, 0.1) is 12.2 Å². The summed E-state index contributed by atoms with van der Waals surface area (Å²) in [5, 5.41) is 5.62. The number of hydrogen-bond donors (Lipinski definition) is 2. The van der Waals surface area contributed by atoms with Crippen molar-refractivity contribution in [2.45, 2.75) is 25.6 Å². The normalized spacial score (nSPS) is 16.7. The maximum atomic E-state index is 12.6. The first-order chi connectivity index (χ1) is 13.3. The third-order valence-electron chi connectivity index (χ3n) is 4.35. The topological polar surface area (TPSA) is 66.5 Å². The highest BCUT2D eigenvalue weighted by molar-refractivity contribution is 5.89. The molecule has 1 saturated heterocycles. The van der Waals surface area contributed by atoms with Crippen LogP contribution in [0.4, 0.5) is 29.5 Å². The highest BCUT2D eigenvalue weighted by Crippen LogP contribution is 2.30. The molecule has 0 saturated carbocycles. The highest BCUT2D eigenvalue weighted by atomic mass is 19.4. The molecule has 6 nitrogen and oxygen atoms in total. The van der Waals surface area contributed by atoms with E-state index >= 15 is 0 Å². The molecule has 0 bridgehead atoms. The van der Waals surface area contributed by atoms with Gasteiger partial charge in [-0.05, 0) is 49.7 Å². The number of amides is 2. The Kier molecular flexibility index (Phi) is 5.91. The van der Waals surface area contributed by atoms with E-state index in [1.165, 1.54) is 6.07 Å². The average Bonchev–Trinajstić information content (AvgIpc) is 3.11. The van der Waals surface area contributed by atoms with Gasteiger partial charge >= 0.3 is 12.2 Å². The lowest BCUT2D eigenvalue weighted by molar-refractivity contribution is -0.137. The van der Waals surface area contributed by atoms with Gasteiger partial charge in [-0.2, -0.15) is 13.2 Å². The summed E-state index contributed by atoms with van der Waals surface area (Å²) in [5.74, 6) is 1.19. The molecule has 2 aromatic rings. The fourth-order valence-corrected chi connectivity index (χ4v) is 2.98. The molecule has 1 aliphatic heterocycles. The van der Waals surface area contributed by atoms with Crippen LogP contribution in [0.2, 0.25) is 0 Å². The summed E-state index contributed by atoms with van der Waals surface area (Å²) in [4.78, 5) is 17.9. The monoisotopic (exact) mass is 394 g/mol. The number of nitrogens with one attached hydrogen (secondary N) is 2. The Labute approximate surface area is 160 Å². The SMILES string of the molecule is CCOc1ccc(NC(=O)NC2CCN(c3ccc(C(F)(F)F)cn3)C2)cc1. The molecule has 2 heterocycles. The molecule has 0 aliphatic carbocycles. The summed E-state index contributed by atoms with van der Waals surface area (Å²) >= 11 is 0. The Morgan fingerprint density at radius 3 is 2.61 bits per heavy atom. The van der Waals surface area contributed by atoms with Crippen LogP contribution in [0.3, 0.4) is 0 Å². The van der Waals surface area contributed by atoms with Crippen molar-refractivity contribution >= 4 is 17.5 Å². The summed E-state index contributed by atoms with van der Waals surface area (Å²) in [6, 6.07) is 8.95. The number of halogens is 3. The molecule has 28 heavy (non-hydrogen) atoms. The minimum atomic E-state index is -4.40. The van der Waals surface area contributed by atoms with Crippen LogP contribution in [-0.4, -0.2) is 36.8 Å². The minimum Gasteiger partial charge on any atom is -0.494 e. The molecule has 0 spiro atoms. The number of alkyl halides is 3. The highest BCUT2D eigenvalue weighted by Gasteiger charge is 2.31. The Morgan fingerprint density at radius 1 is 1.25 bits per heavy atom. The standard InChI is InChI=1S/C19H21F3N4O2/c1-2-28-16-6-4-14(5-7-16)24-18(27)25-15-9-10-26(12-15)17-8-3-13(11-23-17)19(20,21)22/h3-8,11,15H,2,9-10,12H2,1H3,(H2,24,25,27). The van der Waals surface area contributed by atoms with Gasteiger partial charge in [0.25, 0.3) is 0 Å². The van der Waals surface area contributed by atoms with E-state index in [4.69, 9.17) is 4.74 Å². The van der Waals surface area contributed by atoms with Gasteiger partial charge in [0.1, 0.15) is 11.6 Å². The predicted octanol–water partition coefficient (Wildman–Crippen LogP) is 3.90. The van der Waals surface area contributed by atoms with E-state index in [1.54, 1.807) is 24.3 Å². The van der Waals surface area contributed by atoms with Crippen molar-refractivity contribution in [3.63, 3.8) is 0 Å². The summed E-state index contributed by atoms with van der Waals surface area (Å²) in [5.41, 5.74) is -0.139. The largest absolute Gasteiger partial charge is 0.494 e. The number of aromatic nitrogens is 1. The molecule has 1 fully saturated rings. The number of pyridine rings is 1. The molecule has 1 atom stereocenters. The number of carbonyl (C=O) groups excluding carboxylic acids is 1. The van der Waals surface area contributed by atoms with Crippen molar-refractivity contribution < 1.29 is 22.7 Å². The third-order valence-corrected chi connectivity index (χ3v) is 4.35. The van der Waals surface area contributed by atoms with Gasteiger partial charge in [-0.25, -0.2) is 9.78 Å². The zero-order valence-corrected chi connectivity index (χ0v) is 15.3. The molecule has 2 N–H and O–H groups in total. The quantitative estimate of drug-likeness (QED) is 0.807. The van der Waals surface area contributed by atoms with Gasteiger partial charge in [-0.1, -0.05) is 0 Å². The summed E-state index contributed by atoms with van der Waals surface area (Å²) < 4.78 is 43.2. The predicted molar refractivity (Wildman–Crippen MR) is 99.6 cm³/mol. The van der Waals surface area contributed by atoms with E-state index in [9.17, 15) is 18.0 Å². The van der Waals surface area contributed by atoms with Gasteiger partial charge in [0, 0.05) is 31.0 Å². The van der Waals surface area contributed by atoms with Crippen LogP contribution in [0, 0.1) is 0 Å². The number of nitrogens with zero attached hydrogens (tertiary/aromatic N) is 2. The van der Waals surface area contributed by atoms with Crippen LogP contribution in [0.25, 0.3) is 0 Å². The van der Waals surface area contributed by atoms with Gasteiger partial charge < -0.3 is 20.3 Å². The lowest BCUT2D eigenvalue weighted by Gasteiger charge is -2.18. The van der Waals surface area contributed by atoms with Crippen LogP contribution < -0.4 is 20.3 Å². The number of ether oxygens (including phenoxy) is 1. The number of anilines is 2. The maximum absolute atomic E-state index is 12.6. The Bertz CT molecular complexity index is 794. The second-order valence-corrected chi connectivity index (χ2v) is 6.39. The lowest BCUT2D eigenvalue weighted by atomic mass is 10.2. The molecular formula is C19H21F3N4O2. The van der Waals surface area contributed by atoms with E-state index in [2.05, 4.69) is 15.6 Å². The second kappa shape index (κ2) is 8.37. The molecule has 1 aliphatic rings. The fourth-order valence-electron chi connectivity index (χ4n) is 2.98. The number of carbonyl (C=O) groups is 1. The molecule has 1 aromatic heterocycles. The Balaban J connectivity index is 1.50. The van der Waals surface area contributed by atoms with E-state index in [0.29, 0.717) is 37.6 Å². The van der Waals surface area contributed by atoms with Gasteiger partial charge in [0.15, 0.2) is 0 Å². The minimum absolute atomic E-state index is 0.119. The van der Waals surface area contributed by atoms with Crippen molar-refractivity contribution in [3.8, 4) is 5.75 Å².